The molecule has 0 unspecified atom stereocenters. The smallest absolute Gasteiger partial charge is 0.172 e. The second-order valence-electron chi connectivity index (χ2n) is 1.27. The van der Waals surface area contributed by atoms with E-state index in [9.17, 15) is 0 Å². The number of halogens is 3. The summed E-state index contributed by atoms with van der Waals surface area (Å²) < 4.78 is 0.939. The monoisotopic (exact) mass is 185 g/mol. The van der Waals surface area contributed by atoms with E-state index in [1.54, 1.807) is 0 Å². The third kappa shape index (κ3) is 1.64. The lowest BCUT2D eigenvalue weighted by Crippen LogP contribution is -2.24. The molecule has 1 heterocycles. The van der Waals surface area contributed by atoms with Gasteiger partial charge in [0, 0.05) is 6.20 Å². The SMILES string of the molecule is ClC1=CNN(Cl)N=C1Cl. The molecule has 0 amide bonds. The van der Waals surface area contributed by atoms with Gasteiger partial charge in [0.25, 0.3) is 0 Å². The van der Waals surface area contributed by atoms with Crippen LogP contribution in [-0.2, 0) is 0 Å². The zero-order chi connectivity index (χ0) is 6.85. The van der Waals surface area contributed by atoms with Crippen molar-refractivity contribution in [3.63, 3.8) is 0 Å². The molecule has 6 heteroatoms. The van der Waals surface area contributed by atoms with Crippen molar-refractivity contribution < 1.29 is 0 Å². The van der Waals surface area contributed by atoms with E-state index < -0.39 is 0 Å². The number of hydrogen-bond donors (Lipinski definition) is 1. The molecule has 0 bridgehead atoms. The topological polar surface area (TPSA) is 27.6 Å². The molecule has 0 fully saturated rings. The fourth-order valence-corrected chi connectivity index (χ4v) is 0.703. The van der Waals surface area contributed by atoms with E-state index in [2.05, 4.69) is 10.5 Å². The van der Waals surface area contributed by atoms with Crippen molar-refractivity contribution in [3.8, 4) is 0 Å². The van der Waals surface area contributed by atoms with E-state index in [-0.39, 0.29) is 5.17 Å². The number of nitrogens with one attached hydrogen (secondary N) is 1. The van der Waals surface area contributed by atoms with Crippen LogP contribution in [0, 0.1) is 0 Å². The second-order valence-corrected chi connectivity index (χ2v) is 2.36. The van der Waals surface area contributed by atoms with Gasteiger partial charge in [-0.15, -0.1) is 9.74 Å². The zero-order valence-electron chi connectivity index (χ0n) is 4.11. The number of allylic oxidation sites excluding steroid dienone is 1. The molecule has 0 aromatic rings. The Kier molecular flexibility index (Phi) is 2.05. The summed E-state index contributed by atoms with van der Waals surface area (Å²) in [6, 6.07) is 0. The first-order valence-corrected chi connectivity index (χ1v) is 3.12. The molecule has 1 aliphatic rings. The minimum Gasteiger partial charge on any atom is -0.273 e. The standard InChI is InChI=1S/C3H2Cl3N3/c4-2-1-7-9(6)8-3(2)5/h1,7H. The first-order valence-electron chi connectivity index (χ1n) is 2.02. The van der Waals surface area contributed by atoms with Crippen molar-refractivity contribution in [1.29, 1.82) is 0 Å². The Morgan fingerprint density at radius 2 is 2.22 bits per heavy atom. The summed E-state index contributed by atoms with van der Waals surface area (Å²) in [6.07, 6.45) is 1.43. The Morgan fingerprint density at radius 3 is 2.67 bits per heavy atom. The molecular weight excluding hydrogens is 184 g/mol. The van der Waals surface area contributed by atoms with Gasteiger partial charge >= 0.3 is 0 Å². The van der Waals surface area contributed by atoms with Crippen LogP contribution >= 0.6 is 35.0 Å². The molecular formula is C3H2Cl3N3. The molecule has 9 heavy (non-hydrogen) atoms. The van der Waals surface area contributed by atoms with Crippen molar-refractivity contribution >= 4 is 40.1 Å². The van der Waals surface area contributed by atoms with Gasteiger partial charge in [-0.05, 0) is 0 Å². The van der Waals surface area contributed by atoms with Crippen LogP contribution in [0.25, 0.3) is 0 Å². The summed E-state index contributed by atoms with van der Waals surface area (Å²) in [5.41, 5.74) is 2.49. The summed E-state index contributed by atoms with van der Waals surface area (Å²) in [5.74, 6) is 0. The maximum atomic E-state index is 5.48. The average molecular weight is 186 g/mol. The van der Waals surface area contributed by atoms with Gasteiger partial charge in [-0.3, -0.25) is 5.43 Å². The van der Waals surface area contributed by atoms with E-state index in [4.69, 9.17) is 35.0 Å². The van der Waals surface area contributed by atoms with Crippen molar-refractivity contribution in [1.82, 2.24) is 10.1 Å². The number of hydrazone groups is 1. The molecule has 3 nitrogen and oxygen atoms in total. The number of hydrazine groups is 1. The molecule has 0 radical (unpaired) electrons. The van der Waals surface area contributed by atoms with Gasteiger partial charge in [-0.2, -0.15) is 0 Å². The highest BCUT2D eigenvalue weighted by Crippen LogP contribution is 2.12. The molecule has 50 valence electrons. The Morgan fingerprint density at radius 1 is 1.56 bits per heavy atom. The Hall–Kier alpha value is -0.120. The minimum atomic E-state index is 0.172. The first-order chi connectivity index (χ1) is 4.20. The summed E-state index contributed by atoms with van der Waals surface area (Å²) in [5, 5.41) is 4.05. The third-order valence-corrected chi connectivity index (χ3v) is 1.51. The summed E-state index contributed by atoms with van der Waals surface area (Å²) in [6.45, 7) is 0. The fourth-order valence-electron chi connectivity index (χ4n) is 0.323. The van der Waals surface area contributed by atoms with Gasteiger partial charge in [0.15, 0.2) is 5.17 Å². The van der Waals surface area contributed by atoms with Crippen molar-refractivity contribution in [2.75, 3.05) is 0 Å². The highest BCUT2D eigenvalue weighted by molar-refractivity contribution is 6.76. The van der Waals surface area contributed by atoms with E-state index in [1.165, 1.54) is 6.20 Å². The van der Waals surface area contributed by atoms with Crippen LogP contribution in [0.2, 0.25) is 0 Å². The molecule has 0 spiro atoms. The van der Waals surface area contributed by atoms with E-state index in [0.717, 1.165) is 4.64 Å². The largest absolute Gasteiger partial charge is 0.273 e. The van der Waals surface area contributed by atoms with Gasteiger partial charge < -0.3 is 0 Å². The first kappa shape index (κ1) is 6.99. The highest BCUT2D eigenvalue weighted by Gasteiger charge is 2.07. The molecule has 1 rings (SSSR count). The number of hydrogen-bond acceptors (Lipinski definition) is 3. The maximum Gasteiger partial charge on any atom is 0.172 e. The minimum absolute atomic E-state index is 0.172. The molecule has 0 saturated carbocycles. The maximum absolute atomic E-state index is 5.48. The van der Waals surface area contributed by atoms with Crippen LogP contribution in [-0.4, -0.2) is 9.81 Å². The molecule has 1 aliphatic heterocycles. The van der Waals surface area contributed by atoms with Gasteiger partial charge in [0.2, 0.25) is 0 Å². The molecule has 0 saturated heterocycles. The molecule has 0 aromatic heterocycles. The predicted molar refractivity (Wildman–Crippen MR) is 38.1 cm³/mol. The Bertz CT molecular complexity index is 175. The average Bonchev–Trinajstić information content (AvgIpc) is 1.80. The summed E-state index contributed by atoms with van der Waals surface area (Å²) in [4.78, 5) is 0. The van der Waals surface area contributed by atoms with Crippen LogP contribution < -0.4 is 5.43 Å². The van der Waals surface area contributed by atoms with Crippen LogP contribution in [0.15, 0.2) is 16.3 Å². The number of nitrogens with zero attached hydrogens (tertiary/aromatic N) is 2. The predicted octanol–water partition coefficient (Wildman–Crippen LogP) is 1.59. The van der Waals surface area contributed by atoms with Gasteiger partial charge in [0.1, 0.15) is 0 Å². The van der Waals surface area contributed by atoms with Crippen LogP contribution in [0.3, 0.4) is 0 Å². The van der Waals surface area contributed by atoms with Crippen LogP contribution in [0.4, 0.5) is 0 Å². The second kappa shape index (κ2) is 2.64. The van der Waals surface area contributed by atoms with Gasteiger partial charge in [-0.1, -0.05) is 23.2 Å². The lowest BCUT2D eigenvalue weighted by Gasteiger charge is -2.13. The van der Waals surface area contributed by atoms with Gasteiger partial charge in [-0.25, -0.2) is 0 Å². The third-order valence-electron chi connectivity index (χ3n) is 0.670. The zero-order valence-corrected chi connectivity index (χ0v) is 6.37. The Balaban J connectivity index is 2.75. The molecule has 0 aromatic carbocycles. The van der Waals surface area contributed by atoms with E-state index >= 15 is 0 Å². The Labute approximate surface area is 66.9 Å². The normalized spacial score (nSPS) is 18.3. The lowest BCUT2D eigenvalue weighted by atomic mass is 10.6. The highest BCUT2D eigenvalue weighted by atomic mass is 35.5. The molecule has 0 atom stereocenters. The van der Waals surface area contributed by atoms with Crippen LogP contribution in [0.5, 0.6) is 0 Å². The number of rotatable bonds is 0. The van der Waals surface area contributed by atoms with Crippen molar-refractivity contribution in [2.24, 2.45) is 5.10 Å². The van der Waals surface area contributed by atoms with Crippen molar-refractivity contribution in [2.45, 2.75) is 0 Å². The lowest BCUT2D eigenvalue weighted by molar-refractivity contribution is 0.412. The molecule has 0 aliphatic carbocycles. The molecule has 1 N–H and O–H groups in total. The summed E-state index contributed by atoms with van der Waals surface area (Å²) >= 11 is 16.3. The quantitative estimate of drug-likeness (QED) is 0.582. The van der Waals surface area contributed by atoms with Crippen LogP contribution in [0.1, 0.15) is 0 Å². The van der Waals surface area contributed by atoms with Gasteiger partial charge in [0.05, 0.1) is 16.8 Å². The van der Waals surface area contributed by atoms with E-state index in [0.29, 0.717) is 5.03 Å². The fraction of sp³-hybridized carbons (Fsp3) is 0. The van der Waals surface area contributed by atoms with E-state index in [1.807, 2.05) is 0 Å². The summed E-state index contributed by atoms with van der Waals surface area (Å²) in [7, 11) is 0. The van der Waals surface area contributed by atoms with Crippen molar-refractivity contribution in [3.05, 3.63) is 11.2 Å².